The molecule has 0 aliphatic carbocycles. The van der Waals surface area contributed by atoms with Crippen LogP contribution < -0.4 is 0 Å². The van der Waals surface area contributed by atoms with Crippen LogP contribution in [0.15, 0.2) is 29.6 Å². The zero-order valence-corrected chi connectivity index (χ0v) is 9.85. The summed E-state index contributed by atoms with van der Waals surface area (Å²) in [7, 11) is -3.59. The summed E-state index contributed by atoms with van der Waals surface area (Å²) in [6.45, 7) is 4.28. The van der Waals surface area contributed by atoms with E-state index in [1.165, 1.54) is 18.6 Å². The second-order valence-electron chi connectivity index (χ2n) is 3.29. The number of hydrogen-bond donors (Lipinski definition) is 0. The first-order valence-electron chi connectivity index (χ1n) is 4.85. The fourth-order valence-electron chi connectivity index (χ4n) is 1.50. The number of aromatic nitrogens is 4. The van der Waals surface area contributed by atoms with Gasteiger partial charge in [-0.25, -0.2) is 0 Å². The Morgan fingerprint density at radius 2 is 2.12 bits per heavy atom. The lowest BCUT2D eigenvalue weighted by Gasteiger charge is -2.03. The molecule has 0 spiro atoms. The van der Waals surface area contributed by atoms with Crippen molar-refractivity contribution in [2.45, 2.75) is 25.3 Å². The van der Waals surface area contributed by atoms with Crippen molar-refractivity contribution >= 4 is 10.0 Å². The van der Waals surface area contributed by atoms with Gasteiger partial charge in [-0.2, -0.15) is 22.7 Å². The fourth-order valence-corrected chi connectivity index (χ4v) is 2.77. The van der Waals surface area contributed by atoms with Gasteiger partial charge >= 0.3 is 0 Å². The van der Waals surface area contributed by atoms with E-state index in [2.05, 4.69) is 10.2 Å². The summed E-state index contributed by atoms with van der Waals surface area (Å²) in [5.74, 6) is 0. The van der Waals surface area contributed by atoms with Crippen molar-refractivity contribution in [3.05, 3.63) is 30.4 Å². The molecule has 2 aromatic rings. The predicted molar refractivity (Wildman–Crippen MR) is 57.4 cm³/mol. The minimum absolute atomic E-state index is 0.193. The van der Waals surface area contributed by atoms with Crippen LogP contribution in [-0.4, -0.2) is 27.4 Å². The van der Waals surface area contributed by atoms with Gasteiger partial charge in [0.1, 0.15) is 4.90 Å². The normalized spacial score (nSPS) is 11.9. The smallest absolute Gasteiger partial charge is 0.269 e. The maximum Gasteiger partial charge on any atom is 0.286 e. The highest BCUT2D eigenvalue weighted by Crippen LogP contribution is 2.16. The summed E-state index contributed by atoms with van der Waals surface area (Å²) in [6.07, 6.45) is 4.19. The van der Waals surface area contributed by atoms with Gasteiger partial charge in [0.2, 0.25) is 0 Å². The molecular weight excluding hydrogens is 228 g/mol. The van der Waals surface area contributed by atoms with E-state index in [0.717, 1.165) is 4.09 Å². The molecule has 16 heavy (non-hydrogen) atoms. The Kier molecular flexibility index (Phi) is 2.55. The van der Waals surface area contributed by atoms with E-state index in [1.807, 2.05) is 6.92 Å². The maximum atomic E-state index is 12.1. The van der Waals surface area contributed by atoms with Gasteiger partial charge in [0.25, 0.3) is 10.0 Å². The van der Waals surface area contributed by atoms with Crippen LogP contribution in [0.1, 0.15) is 12.6 Å². The molecule has 0 fully saturated rings. The first kappa shape index (κ1) is 10.9. The SMILES string of the molecule is CCn1ncc(S(=O)(=O)n2cccn2)c1C. The van der Waals surface area contributed by atoms with Crippen LogP contribution in [0.25, 0.3) is 0 Å². The quantitative estimate of drug-likeness (QED) is 0.789. The molecule has 0 radical (unpaired) electrons. The molecule has 0 atom stereocenters. The van der Waals surface area contributed by atoms with Crippen LogP contribution in [-0.2, 0) is 16.6 Å². The van der Waals surface area contributed by atoms with Crippen LogP contribution in [0.4, 0.5) is 0 Å². The largest absolute Gasteiger partial charge is 0.286 e. The van der Waals surface area contributed by atoms with Crippen molar-refractivity contribution in [3.8, 4) is 0 Å². The first-order chi connectivity index (χ1) is 7.57. The van der Waals surface area contributed by atoms with E-state index in [9.17, 15) is 8.42 Å². The van der Waals surface area contributed by atoms with E-state index in [0.29, 0.717) is 12.2 Å². The maximum absolute atomic E-state index is 12.1. The molecule has 0 unspecified atom stereocenters. The van der Waals surface area contributed by atoms with Crippen LogP contribution in [0.2, 0.25) is 0 Å². The lowest BCUT2D eigenvalue weighted by Crippen LogP contribution is -2.14. The molecule has 7 heteroatoms. The fraction of sp³-hybridized carbons (Fsp3) is 0.333. The van der Waals surface area contributed by atoms with Gasteiger partial charge in [-0.05, 0) is 19.9 Å². The van der Waals surface area contributed by atoms with Gasteiger partial charge in [0.15, 0.2) is 0 Å². The van der Waals surface area contributed by atoms with Crippen molar-refractivity contribution < 1.29 is 8.42 Å². The summed E-state index contributed by atoms with van der Waals surface area (Å²) < 4.78 is 26.8. The van der Waals surface area contributed by atoms with Crippen LogP contribution >= 0.6 is 0 Å². The van der Waals surface area contributed by atoms with Crippen molar-refractivity contribution in [1.82, 2.24) is 19.0 Å². The molecule has 2 rings (SSSR count). The Bertz CT molecular complexity index is 583. The van der Waals surface area contributed by atoms with Gasteiger partial charge < -0.3 is 0 Å². The zero-order valence-electron chi connectivity index (χ0n) is 9.03. The summed E-state index contributed by atoms with van der Waals surface area (Å²) in [4.78, 5) is 0.193. The Morgan fingerprint density at radius 1 is 1.38 bits per heavy atom. The molecule has 2 aromatic heterocycles. The van der Waals surface area contributed by atoms with Gasteiger partial charge in [0.05, 0.1) is 18.1 Å². The molecule has 0 saturated heterocycles. The minimum atomic E-state index is -3.59. The highest BCUT2D eigenvalue weighted by molar-refractivity contribution is 7.89. The van der Waals surface area contributed by atoms with Crippen molar-refractivity contribution in [3.63, 3.8) is 0 Å². The molecule has 6 nitrogen and oxygen atoms in total. The standard InChI is InChI=1S/C9H12N4O2S/c1-3-12-8(2)9(7-11-12)16(14,15)13-6-4-5-10-13/h4-7H,3H2,1-2H3. The third kappa shape index (κ3) is 1.53. The number of hydrogen-bond acceptors (Lipinski definition) is 4. The molecule has 0 bridgehead atoms. The lowest BCUT2D eigenvalue weighted by atomic mass is 10.5. The minimum Gasteiger partial charge on any atom is -0.269 e. The van der Waals surface area contributed by atoms with E-state index in [4.69, 9.17) is 0 Å². The molecule has 86 valence electrons. The lowest BCUT2D eigenvalue weighted by molar-refractivity contribution is 0.578. The highest BCUT2D eigenvalue weighted by Gasteiger charge is 2.22. The van der Waals surface area contributed by atoms with Gasteiger partial charge in [-0.15, -0.1) is 0 Å². The number of rotatable bonds is 3. The molecule has 0 saturated carbocycles. The predicted octanol–water partition coefficient (Wildman–Crippen LogP) is 0.645. The molecule has 0 aliphatic heterocycles. The summed E-state index contributed by atoms with van der Waals surface area (Å²) in [5, 5.41) is 7.74. The molecule has 0 amide bonds. The van der Waals surface area contributed by atoms with Crippen molar-refractivity contribution in [2.24, 2.45) is 0 Å². The molecule has 0 aliphatic rings. The van der Waals surface area contributed by atoms with E-state index in [-0.39, 0.29) is 4.90 Å². The van der Waals surface area contributed by atoms with Gasteiger partial charge in [-0.3, -0.25) is 4.68 Å². The second-order valence-corrected chi connectivity index (χ2v) is 5.06. The summed E-state index contributed by atoms with van der Waals surface area (Å²) >= 11 is 0. The van der Waals surface area contributed by atoms with Gasteiger partial charge in [-0.1, -0.05) is 0 Å². The highest BCUT2D eigenvalue weighted by atomic mass is 32.2. The van der Waals surface area contributed by atoms with Crippen LogP contribution in [0.3, 0.4) is 0 Å². The number of nitrogens with zero attached hydrogens (tertiary/aromatic N) is 4. The topological polar surface area (TPSA) is 69.8 Å². The van der Waals surface area contributed by atoms with E-state index >= 15 is 0 Å². The number of aryl methyl sites for hydroxylation is 1. The third-order valence-electron chi connectivity index (χ3n) is 2.36. The van der Waals surface area contributed by atoms with E-state index < -0.39 is 10.0 Å². The zero-order chi connectivity index (χ0) is 11.8. The average molecular weight is 240 g/mol. The Hall–Kier alpha value is -1.63. The molecule has 2 heterocycles. The van der Waals surface area contributed by atoms with Crippen molar-refractivity contribution in [2.75, 3.05) is 0 Å². The Morgan fingerprint density at radius 3 is 2.62 bits per heavy atom. The van der Waals surface area contributed by atoms with Crippen molar-refractivity contribution in [1.29, 1.82) is 0 Å². The average Bonchev–Trinajstić information content (AvgIpc) is 2.85. The summed E-state index contributed by atoms with van der Waals surface area (Å²) in [5.41, 5.74) is 0.623. The van der Waals surface area contributed by atoms with E-state index in [1.54, 1.807) is 17.7 Å². The Balaban J connectivity index is 2.57. The first-order valence-corrected chi connectivity index (χ1v) is 6.29. The monoisotopic (exact) mass is 240 g/mol. The summed E-state index contributed by atoms with van der Waals surface area (Å²) in [6, 6.07) is 1.57. The second kappa shape index (κ2) is 3.75. The third-order valence-corrected chi connectivity index (χ3v) is 4.03. The molecule has 0 N–H and O–H groups in total. The molecule has 0 aromatic carbocycles. The molecular formula is C9H12N4O2S. The van der Waals surface area contributed by atoms with Gasteiger partial charge in [0, 0.05) is 12.7 Å². The van der Waals surface area contributed by atoms with Crippen LogP contribution in [0.5, 0.6) is 0 Å². The van der Waals surface area contributed by atoms with Crippen LogP contribution in [0, 0.1) is 6.92 Å². The Labute approximate surface area is 93.6 Å².